The summed E-state index contributed by atoms with van der Waals surface area (Å²) >= 11 is 0. The monoisotopic (exact) mass is 573 g/mol. The molecule has 0 bridgehead atoms. The molecule has 5 rings (SSSR count). The summed E-state index contributed by atoms with van der Waals surface area (Å²) in [5.74, 6) is 1.67. The maximum atomic E-state index is 5.54. The van der Waals surface area contributed by atoms with Gasteiger partial charge in [-0.25, -0.2) is 0 Å². The lowest BCUT2D eigenvalue weighted by Crippen LogP contribution is -2.32. The Morgan fingerprint density at radius 1 is 0.581 bits per heavy atom. The van der Waals surface area contributed by atoms with Crippen LogP contribution in [0.25, 0.3) is 33.9 Å². The summed E-state index contributed by atoms with van der Waals surface area (Å²) in [5, 5.41) is 0. The largest absolute Gasteiger partial charge is 0.497 e. The summed E-state index contributed by atoms with van der Waals surface area (Å²) in [7, 11) is 3.42. The first-order valence-corrected chi connectivity index (χ1v) is 15.0. The number of nitrogens with zero attached hydrogens (tertiary/aromatic N) is 2. The zero-order chi connectivity index (χ0) is 31.1. The Kier molecular flexibility index (Phi) is 8.00. The molecule has 4 nitrogen and oxygen atoms in total. The first-order valence-electron chi connectivity index (χ1n) is 15.0. The predicted octanol–water partition coefficient (Wildman–Crippen LogP) is 9.32. The van der Waals surface area contributed by atoms with Crippen molar-refractivity contribution in [2.45, 2.75) is 66.2 Å². The quantitative estimate of drug-likeness (QED) is 0.189. The highest BCUT2D eigenvalue weighted by Crippen LogP contribution is 2.37. The van der Waals surface area contributed by atoms with Gasteiger partial charge in [0.05, 0.1) is 14.2 Å². The lowest BCUT2D eigenvalue weighted by molar-refractivity contribution is -0.583. The zero-order valence-electron chi connectivity index (χ0n) is 27.4. The maximum absolute atomic E-state index is 5.54. The lowest BCUT2D eigenvalue weighted by atomic mass is 9.86. The van der Waals surface area contributed by atoms with E-state index in [4.69, 9.17) is 9.47 Å². The molecule has 4 aromatic carbocycles. The van der Waals surface area contributed by atoms with Crippen molar-refractivity contribution in [1.82, 2.24) is 4.57 Å². The van der Waals surface area contributed by atoms with E-state index in [0.717, 1.165) is 45.4 Å². The Morgan fingerprint density at radius 3 is 1.58 bits per heavy atom. The second-order valence-corrected chi connectivity index (χ2v) is 13.5. The van der Waals surface area contributed by atoms with Crippen molar-refractivity contribution < 1.29 is 14.0 Å². The average molecular weight is 574 g/mol. The van der Waals surface area contributed by atoms with Crippen molar-refractivity contribution in [1.29, 1.82) is 0 Å². The standard InChI is InChI=1S/C39H45N2O2/c1-26-11-17-30(38(3,4)5)23-34(26)40-25-41(35-24-31(39(6,7)8)18-12-27(35)2)37(29-15-21-33(43-10)22-16-29)36(40)28-13-19-32(42-9)20-14-28/h11-25H,1-10H3/q+1. The molecule has 0 saturated heterocycles. The summed E-state index contributed by atoms with van der Waals surface area (Å²) in [5.41, 5.74) is 11.8. The van der Waals surface area contributed by atoms with Gasteiger partial charge in [0.1, 0.15) is 22.9 Å². The van der Waals surface area contributed by atoms with Crippen LogP contribution in [-0.2, 0) is 10.8 Å². The third-order valence-electron chi connectivity index (χ3n) is 8.33. The van der Waals surface area contributed by atoms with Crippen LogP contribution >= 0.6 is 0 Å². The second-order valence-electron chi connectivity index (χ2n) is 13.5. The maximum Gasteiger partial charge on any atom is 0.255 e. The van der Waals surface area contributed by atoms with E-state index < -0.39 is 0 Å². The van der Waals surface area contributed by atoms with E-state index in [-0.39, 0.29) is 10.8 Å². The van der Waals surface area contributed by atoms with E-state index in [9.17, 15) is 0 Å². The second kappa shape index (κ2) is 11.4. The van der Waals surface area contributed by atoms with Gasteiger partial charge in [-0.05, 0) is 108 Å². The lowest BCUT2D eigenvalue weighted by Gasteiger charge is -2.20. The fraction of sp³-hybridized carbons (Fsp3) is 0.308. The summed E-state index contributed by atoms with van der Waals surface area (Å²) in [6.45, 7) is 18.0. The number of aryl methyl sites for hydroxylation is 2. The molecule has 0 unspecified atom stereocenters. The Balaban J connectivity index is 1.93. The molecule has 5 aromatic rings. The molecule has 0 spiro atoms. The molecule has 222 valence electrons. The van der Waals surface area contributed by atoms with Crippen LogP contribution in [0.3, 0.4) is 0 Å². The van der Waals surface area contributed by atoms with Gasteiger partial charge < -0.3 is 9.47 Å². The van der Waals surface area contributed by atoms with Crippen LogP contribution < -0.4 is 14.0 Å². The minimum Gasteiger partial charge on any atom is -0.497 e. The van der Waals surface area contributed by atoms with Crippen molar-refractivity contribution >= 4 is 0 Å². The summed E-state index contributed by atoms with van der Waals surface area (Å²) in [6, 6.07) is 30.5. The molecule has 0 atom stereocenters. The molecular weight excluding hydrogens is 528 g/mol. The Hall–Kier alpha value is -4.31. The van der Waals surface area contributed by atoms with Crippen molar-refractivity contribution in [3.63, 3.8) is 0 Å². The van der Waals surface area contributed by atoms with E-state index in [0.29, 0.717) is 0 Å². The van der Waals surface area contributed by atoms with Crippen LogP contribution in [0.1, 0.15) is 63.8 Å². The van der Waals surface area contributed by atoms with Gasteiger partial charge >= 0.3 is 0 Å². The number of rotatable bonds is 6. The fourth-order valence-electron chi connectivity index (χ4n) is 5.54. The molecule has 43 heavy (non-hydrogen) atoms. The molecule has 0 fully saturated rings. The summed E-state index contributed by atoms with van der Waals surface area (Å²) in [6.07, 6.45) is 2.27. The smallest absolute Gasteiger partial charge is 0.255 e. The van der Waals surface area contributed by atoms with E-state index >= 15 is 0 Å². The molecule has 1 aromatic heterocycles. The van der Waals surface area contributed by atoms with Gasteiger partial charge in [0.15, 0.2) is 11.4 Å². The molecule has 0 N–H and O–H groups in total. The Morgan fingerprint density at radius 2 is 1.07 bits per heavy atom. The predicted molar refractivity (Wildman–Crippen MR) is 178 cm³/mol. The van der Waals surface area contributed by atoms with Crippen LogP contribution in [-0.4, -0.2) is 18.8 Å². The SMILES string of the molecule is COc1ccc(-c2c(-c3ccc(OC)cc3)[n+](-c3cc(C(C)(C)C)ccc3C)cn2-c2cc(C(C)(C)C)ccc2C)cc1. The number of methoxy groups -OCH3 is 2. The van der Waals surface area contributed by atoms with Crippen molar-refractivity contribution in [2.24, 2.45) is 0 Å². The molecule has 0 amide bonds. The highest BCUT2D eigenvalue weighted by molar-refractivity contribution is 5.79. The Bertz CT molecular complexity index is 1620. The van der Waals surface area contributed by atoms with Crippen LogP contribution in [0.2, 0.25) is 0 Å². The number of hydrogen-bond acceptors (Lipinski definition) is 2. The zero-order valence-corrected chi connectivity index (χ0v) is 27.4. The Labute approximate surface area is 257 Å². The highest BCUT2D eigenvalue weighted by Gasteiger charge is 2.31. The van der Waals surface area contributed by atoms with Gasteiger partial charge in [0, 0.05) is 11.1 Å². The molecule has 0 radical (unpaired) electrons. The van der Waals surface area contributed by atoms with Crippen molar-refractivity contribution in [3.05, 3.63) is 114 Å². The van der Waals surface area contributed by atoms with E-state index in [2.05, 4.69) is 132 Å². The van der Waals surface area contributed by atoms with Gasteiger partial charge in [0.2, 0.25) is 0 Å². The van der Waals surface area contributed by atoms with Crippen LogP contribution in [0.5, 0.6) is 11.5 Å². The number of benzene rings is 4. The van der Waals surface area contributed by atoms with Crippen LogP contribution in [0.4, 0.5) is 0 Å². The van der Waals surface area contributed by atoms with E-state index in [1.807, 2.05) is 24.3 Å². The van der Waals surface area contributed by atoms with Crippen LogP contribution in [0, 0.1) is 13.8 Å². The number of imidazole rings is 1. The summed E-state index contributed by atoms with van der Waals surface area (Å²) in [4.78, 5) is 0. The first kappa shape index (κ1) is 30.2. The van der Waals surface area contributed by atoms with E-state index in [1.165, 1.54) is 22.3 Å². The molecule has 0 saturated carbocycles. The third-order valence-corrected chi connectivity index (χ3v) is 8.33. The first-order chi connectivity index (χ1) is 20.3. The molecule has 4 heteroatoms. The van der Waals surface area contributed by atoms with Crippen LogP contribution in [0.15, 0.2) is 91.3 Å². The minimum absolute atomic E-state index is 0.0162. The number of ether oxygens (including phenoxy) is 2. The average Bonchev–Trinajstić information content (AvgIpc) is 3.36. The van der Waals surface area contributed by atoms with Gasteiger partial charge in [0.25, 0.3) is 6.33 Å². The minimum atomic E-state index is 0.0162. The van der Waals surface area contributed by atoms with E-state index in [1.54, 1.807) is 14.2 Å². The molecule has 1 heterocycles. The molecule has 0 aliphatic carbocycles. The normalized spacial score (nSPS) is 12.0. The fourth-order valence-corrected chi connectivity index (χ4v) is 5.54. The molecule has 0 aliphatic rings. The van der Waals surface area contributed by atoms with Gasteiger partial charge in [-0.3, -0.25) is 0 Å². The van der Waals surface area contributed by atoms with Gasteiger partial charge in [-0.2, -0.15) is 9.13 Å². The topological polar surface area (TPSA) is 27.3 Å². The number of hydrogen-bond donors (Lipinski definition) is 0. The number of aromatic nitrogens is 2. The third kappa shape index (κ3) is 5.97. The van der Waals surface area contributed by atoms with Gasteiger partial charge in [-0.1, -0.05) is 65.8 Å². The van der Waals surface area contributed by atoms with Crippen molar-refractivity contribution in [2.75, 3.05) is 14.2 Å². The molecule has 0 aliphatic heterocycles. The highest BCUT2D eigenvalue weighted by atomic mass is 16.5. The molecular formula is C39H45N2O2+. The van der Waals surface area contributed by atoms with Crippen molar-refractivity contribution in [3.8, 4) is 45.4 Å². The summed E-state index contributed by atoms with van der Waals surface area (Å²) < 4.78 is 15.8. The van der Waals surface area contributed by atoms with Gasteiger partial charge in [-0.15, -0.1) is 0 Å².